The summed E-state index contributed by atoms with van der Waals surface area (Å²) in [5.74, 6) is 1.28. The lowest BCUT2D eigenvalue weighted by Crippen LogP contribution is -2.53. The highest BCUT2D eigenvalue weighted by atomic mass is 127. The fourth-order valence-corrected chi connectivity index (χ4v) is 3.29. The number of carbonyl (C=O) groups is 1. The van der Waals surface area contributed by atoms with Crippen LogP contribution in [0.15, 0.2) is 45.3 Å². The van der Waals surface area contributed by atoms with Crippen molar-refractivity contribution in [2.45, 2.75) is 13.5 Å². The SMILES string of the molecule is CCNC(=NCc1cccs1)N1CCN(C(=O)c2ccco2)CC1.I. The van der Waals surface area contributed by atoms with Gasteiger partial charge in [-0.1, -0.05) is 6.07 Å². The number of nitrogens with one attached hydrogen (secondary N) is 1. The van der Waals surface area contributed by atoms with Gasteiger partial charge in [0.1, 0.15) is 0 Å². The first-order valence-corrected chi connectivity index (χ1v) is 9.04. The fourth-order valence-electron chi connectivity index (χ4n) is 2.66. The monoisotopic (exact) mass is 474 g/mol. The minimum absolute atomic E-state index is 0. The number of rotatable bonds is 4. The summed E-state index contributed by atoms with van der Waals surface area (Å²) in [6.45, 7) is 6.45. The summed E-state index contributed by atoms with van der Waals surface area (Å²) in [4.78, 5) is 22.3. The summed E-state index contributed by atoms with van der Waals surface area (Å²) < 4.78 is 5.20. The quantitative estimate of drug-likeness (QED) is 0.421. The summed E-state index contributed by atoms with van der Waals surface area (Å²) in [5.41, 5.74) is 0. The number of aliphatic imine (C=N–C) groups is 1. The van der Waals surface area contributed by atoms with Crippen LogP contribution in [-0.2, 0) is 6.54 Å². The second-order valence-corrected chi connectivity index (χ2v) is 6.54. The molecule has 1 amide bonds. The van der Waals surface area contributed by atoms with Gasteiger partial charge in [0.15, 0.2) is 11.7 Å². The number of hydrogen-bond donors (Lipinski definition) is 1. The van der Waals surface area contributed by atoms with E-state index in [-0.39, 0.29) is 29.9 Å². The Kier molecular flexibility index (Phi) is 7.76. The lowest BCUT2D eigenvalue weighted by atomic mass is 10.3. The van der Waals surface area contributed by atoms with Gasteiger partial charge in [-0.2, -0.15) is 0 Å². The molecule has 0 atom stereocenters. The summed E-state index contributed by atoms with van der Waals surface area (Å²) in [7, 11) is 0. The number of amides is 1. The van der Waals surface area contributed by atoms with E-state index in [1.807, 2.05) is 11.0 Å². The molecular formula is C17H23IN4O2S. The highest BCUT2D eigenvalue weighted by Gasteiger charge is 2.25. The van der Waals surface area contributed by atoms with Gasteiger partial charge in [-0.25, -0.2) is 4.99 Å². The summed E-state index contributed by atoms with van der Waals surface area (Å²) >= 11 is 1.72. The van der Waals surface area contributed by atoms with Crippen molar-refractivity contribution in [1.82, 2.24) is 15.1 Å². The van der Waals surface area contributed by atoms with Crippen LogP contribution in [-0.4, -0.2) is 54.4 Å². The molecule has 2 aromatic rings. The highest BCUT2D eigenvalue weighted by Crippen LogP contribution is 2.12. The molecule has 0 spiro atoms. The highest BCUT2D eigenvalue weighted by molar-refractivity contribution is 14.0. The summed E-state index contributed by atoms with van der Waals surface area (Å²) in [6.07, 6.45) is 1.53. The van der Waals surface area contributed by atoms with Gasteiger partial charge in [0.25, 0.3) is 5.91 Å². The molecule has 1 aliphatic heterocycles. The molecule has 3 rings (SSSR count). The molecule has 6 nitrogen and oxygen atoms in total. The first-order valence-electron chi connectivity index (χ1n) is 8.16. The van der Waals surface area contributed by atoms with Crippen molar-refractivity contribution in [3.8, 4) is 0 Å². The Morgan fingerprint density at radius 3 is 2.60 bits per heavy atom. The van der Waals surface area contributed by atoms with E-state index in [4.69, 9.17) is 9.41 Å². The topological polar surface area (TPSA) is 61.1 Å². The van der Waals surface area contributed by atoms with Crippen molar-refractivity contribution < 1.29 is 9.21 Å². The molecular weight excluding hydrogens is 451 g/mol. The van der Waals surface area contributed by atoms with Crippen molar-refractivity contribution >= 4 is 47.2 Å². The molecule has 1 fully saturated rings. The van der Waals surface area contributed by atoms with Crippen LogP contribution in [0.2, 0.25) is 0 Å². The average molecular weight is 474 g/mol. The molecule has 1 N–H and O–H groups in total. The number of thiophene rings is 1. The Morgan fingerprint density at radius 1 is 1.24 bits per heavy atom. The van der Waals surface area contributed by atoms with E-state index < -0.39 is 0 Å². The zero-order valence-electron chi connectivity index (χ0n) is 14.2. The fraction of sp³-hybridized carbons (Fsp3) is 0.412. The number of carbonyl (C=O) groups excluding carboxylic acids is 1. The van der Waals surface area contributed by atoms with Crippen molar-refractivity contribution in [2.24, 2.45) is 4.99 Å². The molecule has 2 aromatic heterocycles. The number of furan rings is 1. The average Bonchev–Trinajstić information content (AvgIpc) is 3.31. The molecule has 8 heteroatoms. The van der Waals surface area contributed by atoms with Crippen LogP contribution in [0.4, 0.5) is 0 Å². The number of halogens is 1. The molecule has 0 aliphatic carbocycles. The largest absolute Gasteiger partial charge is 0.459 e. The number of nitrogens with zero attached hydrogens (tertiary/aromatic N) is 3. The van der Waals surface area contributed by atoms with Crippen LogP contribution in [0.3, 0.4) is 0 Å². The van der Waals surface area contributed by atoms with Crippen LogP contribution in [0.1, 0.15) is 22.4 Å². The van der Waals surface area contributed by atoms with E-state index in [0.717, 1.165) is 25.6 Å². The van der Waals surface area contributed by atoms with E-state index in [2.05, 4.69) is 28.6 Å². The second-order valence-electron chi connectivity index (χ2n) is 5.51. The first kappa shape index (κ1) is 19.8. The molecule has 0 bridgehead atoms. The lowest BCUT2D eigenvalue weighted by molar-refractivity contribution is 0.0657. The normalized spacial score (nSPS) is 15.0. The Balaban J connectivity index is 0.00000225. The molecule has 0 radical (unpaired) electrons. The van der Waals surface area contributed by atoms with Crippen LogP contribution in [0.5, 0.6) is 0 Å². The van der Waals surface area contributed by atoms with Gasteiger partial charge in [-0.3, -0.25) is 4.79 Å². The molecule has 136 valence electrons. The Morgan fingerprint density at radius 2 is 2.00 bits per heavy atom. The number of piperazine rings is 1. The third kappa shape index (κ3) is 5.21. The van der Waals surface area contributed by atoms with E-state index in [9.17, 15) is 4.79 Å². The number of guanidine groups is 1. The summed E-state index contributed by atoms with van der Waals surface area (Å²) in [6, 6.07) is 7.59. The van der Waals surface area contributed by atoms with Crippen LogP contribution >= 0.6 is 35.3 Å². The third-order valence-corrected chi connectivity index (χ3v) is 4.76. The van der Waals surface area contributed by atoms with E-state index >= 15 is 0 Å². The predicted octanol–water partition coefficient (Wildman–Crippen LogP) is 2.88. The van der Waals surface area contributed by atoms with Gasteiger partial charge in [0.2, 0.25) is 0 Å². The van der Waals surface area contributed by atoms with Gasteiger partial charge in [0, 0.05) is 37.6 Å². The van der Waals surface area contributed by atoms with Crippen LogP contribution in [0.25, 0.3) is 0 Å². The zero-order chi connectivity index (χ0) is 16.8. The Labute approximate surface area is 168 Å². The van der Waals surface area contributed by atoms with Crippen LogP contribution in [0, 0.1) is 0 Å². The first-order chi connectivity index (χ1) is 11.8. The zero-order valence-corrected chi connectivity index (χ0v) is 17.3. The predicted molar refractivity (Wildman–Crippen MR) is 111 cm³/mol. The van der Waals surface area contributed by atoms with Gasteiger partial charge < -0.3 is 19.5 Å². The van der Waals surface area contributed by atoms with Crippen LogP contribution < -0.4 is 5.32 Å². The van der Waals surface area contributed by atoms with E-state index in [1.54, 1.807) is 23.5 Å². The van der Waals surface area contributed by atoms with Crippen molar-refractivity contribution in [1.29, 1.82) is 0 Å². The van der Waals surface area contributed by atoms with Gasteiger partial charge in [0.05, 0.1) is 12.8 Å². The Bertz CT molecular complexity index is 665. The maximum atomic E-state index is 12.3. The molecule has 25 heavy (non-hydrogen) atoms. The maximum absolute atomic E-state index is 12.3. The smallest absolute Gasteiger partial charge is 0.289 e. The molecule has 0 aromatic carbocycles. The standard InChI is InChI=1S/C17H22N4O2S.HI/c1-2-18-17(19-13-14-5-4-12-24-14)21-9-7-20(8-10-21)16(22)15-6-3-11-23-15;/h3-6,11-12H,2,7-10,13H2,1H3,(H,18,19);1H. The minimum Gasteiger partial charge on any atom is -0.459 e. The van der Waals surface area contributed by atoms with Crippen molar-refractivity contribution in [2.75, 3.05) is 32.7 Å². The van der Waals surface area contributed by atoms with Crippen molar-refractivity contribution in [3.63, 3.8) is 0 Å². The minimum atomic E-state index is -0.0415. The maximum Gasteiger partial charge on any atom is 0.289 e. The van der Waals surface area contributed by atoms with Gasteiger partial charge in [-0.15, -0.1) is 35.3 Å². The Hall–Kier alpha value is -1.55. The van der Waals surface area contributed by atoms with E-state index in [0.29, 0.717) is 25.4 Å². The molecule has 0 saturated carbocycles. The number of hydrogen-bond acceptors (Lipinski definition) is 4. The molecule has 0 unspecified atom stereocenters. The van der Waals surface area contributed by atoms with E-state index in [1.165, 1.54) is 11.1 Å². The van der Waals surface area contributed by atoms with Gasteiger partial charge in [-0.05, 0) is 30.5 Å². The van der Waals surface area contributed by atoms with Crippen molar-refractivity contribution in [3.05, 3.63) is 46.5 Å². The molecule has 1 aliphatic rings. The lowest BCUT2D eigenvalue weighted by Gasteiger charge is -2.36. The van der Waals surface area contributed by atoms with Gasteiger partial charge >= 0.3 is 0 Å². The molecule has 1 saturated heterocycles. The third-order valence-electron chi connectivity index (χ3n) is 3.90. The summed E-state index contributed by atoms with van der Waals surface area (Å²) in [5, 5.41) is 5.41. The molecule has 3 heterocycles. The second kappa shape index (κ2) is 9.81.